The van der Waals surface area contributed by atoms with E-state index in [1.54, 1.807) is 43.6 Å². The zero-order valence-corrected chi connectivity index (χ0v) is 13.0. The highest BCUT2D eigenvalue weighted by Gasteiger charge is 2.12. The van der Waals surface area contributed by atoms with E-state index in [2.05, 4.69) is 10.4 Å². The number of amides is 1. The van der Waals surface area contributed by atoms with Crippen LogP contribution in [0.2, 0.25) is 0 Å². The summed E-state index contributed by atoms with van der Waals surface area (Å²) in [6, 6.07) is 10.2. The van der Waals surface area contributed by atoms with Gasteiger partial charge in [-0.25, -0.2) is 4.79 Å². The summed E-state index contributed by atoms with van der Waals surface area (Å²) in [5.74, 6) is -0.349. The maximum absolute atomic E-state index is 12.0. The van der Waals surface area contributed by atoms with Crippen molar-refractivity contribution in [3.8, 4) is 5.75 Å². The van der Waals surface area contributed by atoms with Crippen LogP contribution in [0.25, 0.3) is 0 Å². The summed E-state index contributed by atoms with van der Waals surface area (Å²) in [5, 5.41) is 8.52. The van der Waals surface area contributed by atoms with Crippen molar-refractivity contribution in [3.63, 3.8) is 0 Å². The van der Waals surface area contributed by atoms with Gasteiger partial charge in [-0.1, -0.05) is 12.1 Å². The third-order valence-electron chi connectivity index (χ3n) is 2.99. The summed E-state index contributed by atoms with van der Waals surface area (Å²) in [7, 11) is 1.72. The van der Waals surface area contributed by atoms with Crippen LogP contribution in [0, 0.1) is 0 Å². The number of anilines is 1. The number of rotatable bonds is 4. The minimum absolute atomic E-state index is 0.198. The second kappa shape index (κ2) is 6.45. The van der Waals surface area contributed by atoms with E-state index in [1.807, 2.05) is 11.4 Å². The van der Waals surface area contributed by atoms with E-state index in [4.69, 9.17) is 4.74 Å². The summed E-state index contributed by atoms with van der Waals surface area (Å²) in [5.41, 5.74) is 0.917. The molecule has 0 unspecified atom stereocenters. The van der Waals surface area contributed by atoms with Crippen LogP contribution in [-0.4, -0.2) is 21.7 Å². The maximum atomic E-state index is 12.0. The molecule has 1 N–H and O–H groups in total. The van der Waals surface area contributed by atoms with Crippen molar-refractivity contribution in [2.75, 3.05) is 5.32 Å². The van der Waals surface area contributed by atoms with Crippen LogP contribution in [0.15, 0.2) is 54.2 Å². The summed E-state index contributed by atoms with van der Waals surface area (Å²) in [6.45, 7) is 0. The minimum Gasteiger partial charge on any atom is -0.423 e. The highest BCUT2D eigenvalue weighted by Crippen LogP contribution is 2.20. The summed E-state index contributed by atoms with van der Waals surface area (Å²) in [4.78, 5) is 24.6. The third-order valence-corrected chi connectivity index (χ3v) is 3.86. The fraction of sp³-hybridized carbons (Fsp3) is 0.0625. The van der Waals surface area contributed by atoms with E-state index in [-0.39, 0.29) is 5.91 Å². The molecule has 0 radical (unpaired) electrons. The molecule has 0 aliphatic heterocycles. The van der Waals surface area contributed by atoms with Gasteiger partial charge in [0.15, 0.2) is 0 Å². The molecule has 3 aromatic rings. The zero-order valence-electron chi connectivity index (χ0n) is 12.2. The number of aromatic nitrogens is 2. The van der Waals surface area contributed by atoms with Gasteiger partial charge in [-0.2, -0.15) is 5.10 Å². The summed E-state index contributed by atoms with van der Waals surface area (Å²) in [6.07, 6.45) is 3.01. The lowest BCUT2D eigenvalue weighted by atomic mass is 10.3. The Kier molecular flexibility index (Phi) is 4.20. The lowest BCUT2D eigenvalue weighted by Gasteiger charge is -2.07. The number of carbonyl (C=O) groups is 2. The van der Waals surface area contributed by atoms with Crippen LogP contribution in [0.3, 0.4) is 0 Å². The number of esters is 1. The topological polar surface area (TPSA) is 73.2 Å². The van der Waals surface area contributed by atoms with Crippen LogP contribution in [-0.2, 0) is 7.05 Å². The molecule has 0 aliphatic rings. The Hall–Kier alpha value is -2.93. The average Bonchev–Trinajstić information content (AvgIpc) is 3.18. The van der Waals surface area contributed by atoms with Crippen molar-refractivity contribution < 1.29 is 14.3 Å². The van der Waals surface area contributed by atoms with Crippen molar-refractivity contribution in [3.05, 3.63) is 64.6 Å². The van der Waals surface area contributed by atoms with Crippen LogP contribution in [0.5, 0.6) is 5.75 Å². The predicted octanol–water partition coefficient (Wildman–Crippen LogP) is 2.95. The molecule has 0 saturated carbocycles. The van der Waals surface area contributed by atoms with Gasteiger partial charge in [-0.05, 0) is 23.6 Å². The fourth-order valence-corrected chi connectivity index (χ4v) is 2.55. The zero-order chi connectivity index (χ0) is 16.2. The standard InChI is InChI=1S/C16H13N3O3S/c1-19-10-11(9-17-19)16(21)22-13-5-2-4-12(8-13)18-15(20)14-6-3-7-23-14/h2-10H,1H3,(H,18,20). The molecule has 3 rings (SSSR count). The Morgan fingerprint density at radius 2 is 2.13 bits per heavy atom. The quantitative estimate of drug-likeness (QED) is 0.590. The van der Waals surface area contributed by atoms with Gasteiger partial charge in [0.1, 0.15) is 5.75 Å². The second-order valence-corrected chi connectivity index (χ2v) is 5.70. The predicted molar refractivity (Wildman–Crippen MR) is 86.9 cm³/mol. The van der Waals surface area contributed by atoms with E-state index in [0.29, 0.717) is 21.9 Å². The van der Waals surface area contributed by atoms with Crippen LogP contribution < -0.4 is 10.1 Å². The van der Waals surface area contributed by atoms with Gasteiger partial charge in [-0.15, -0.1) is 11.3 Å². The number of aryl methyl sites for hydroxylation is 1. The smallest absolute Gasteiger partial charge is 0.346 e. The first-order valence-corrected chi connectivity index (χ1v) is 7.65. The van der Waals surface area contributed by atoms with E-state index < -0.39 is 5.97 Å². The lowest BCUT2D eigenvalue weighted by molar-refractivity contribution is 0.0734. The number of hydrogen-bond donors (Lipinski definition) is 1. The highest BCUT2D eigenvalue weighted by atomic mass is 32.1. The number of benzene rings is 1. The molecule has 0 spiro atoms. The van der Waals surface area contributed by atoms with Crippen molar-refractivity contribution >= 4 is 28.9 Å². The summed E-state index contributed by atoms with van der Waals surface area (Å²) < 4.78 is 6.81. The minimum atomic E-state index is -0.500. The van der Waals surface area contributed by atoms with Crippen molar-refractivity contribution in [1.29, 1.82) is 0 Å². The number of nitrogens with one attached hydrogen (secondary N) is 1. The monoisotopic (exact) mass is 327 g/mol. The Balaban J connectivity index is 1.70. The van der Waals surface area contributed by atoms with Gasteiger partial charge in [-0.3, -0.25) is 9.48 Å². The van der Waals surface area contributed by atoms with E-state index in [0.717, 1.165) is 0 Å². The molecule has 0 bridgehead atoms. The SMILES string of the molecule is Cn1cc(C(=O)Oc2cccc(NC(=O)c3cccs3)c2)cn1. The van der Waals surface area contributed by atoms with Crippen LogP contribution >= 0.6 is 11.3 Å². The first kappa shape index (κ1) is 15.0. The molecule has 0 aliphatic carbocycles. The van der Waals surface area contributed by atoms with Gasteiger partial charge < -0.3 is 10.1 Å². The Labute approximate surface area is 136 Å². The molecular weight excluding hydrogens is 314 g/mol. The average molecular weight is 327 g/mol. The van der Waals surface area contributed by atoms with Crippen LogP contribution in [0.1, 0.15) is 20.0 Å². The highest BCUT2D eigenvalue weighted by molar-refractivity contribution is 7.12. The molecule has 0 atom stereocenters. The van der Waals surface area contributed by atoms with E-state index in [1.165, 1.54) is 22.2 Å². The molecule has 2 heterocycles. The third kappa shape index (κ3) is 3.64. The number of nitrogens with zero attached hydrogens (tertiary/aromatic N) is 2. The maximum Gasteiger partial charge on any atom is 0.346 e. The molecule has 0 saturated heterocycles. The van der Waals surface area contributed by atoms with Crippen molar-refractivity contribution in [1.82, 2.24) is 9.78 Å². The van der Waals surface area contributed by atoms with Crippen molar-refractivity contribution in [2.24, 2.45) is 7.05 Å². The summed E-state index contributed by atoms with van der Waals surface area (Å²) >= 11 is 1.36. The Bertz CT molecular complexity index is 840. The first-order valence-electron chi connectivity index (χ1n) is 6.77. The fourth-order valence-electron chi connectivity index (χ4n) is 1.93. The largest absolute Gasteiger partial charge is 0.423 e. The van der Waals surface area contributed by atoms with Crippen LogP contribution in [0.4, 0.5) is 5.69 Å². The molecular formula is C16H13N3O3S. The molecule has 116 valence electrons. The number of thiophene rings is 1. The number of carbonyl (C=O) groups excluding carboxylic acids is 2. The molecule has 7 heteroatoms. The number of ether oxygens (including phenoxy) is 1. The Morgan fingerprint density at radius 1 is 1.26 bits per heavy atom. The van der Waals surface area contributed by atoms with Gasteiger partial charge in [0.25, 0.3) is 5.91 Å². The normalized spacial score (nSPS) is 10.3. The molecule has 23 heavy (non-hydrogen) atoms. The van der Waals surface area contributed by atoms with Gasteiger partial charge in [0.2, 0.25) is 0 Å². The molecule has 1 amide bonds. The number of hydrogen-bond acceptors (Lipinski definition) is 5. The van der Waals surface area contributed by atoms with E-state index >= 15 is 0 Å². The lowest BCUT2D eigenvalue weighted by Crippen LogP contribution is -2.11. The molecule has 0 fully saturated rings. The Morgan fingerprint density at radius 3 is 2.83 bits per heavy atom. The van der Waals surface area contributed by atoms with Crippen molar-refractivity contribution in [2.45, 2.75) is 0 Å². The molecule has 1 aromatic carbocycles. The second-order valence-electron chi connectivity index (χ2n) is 4.75. The van der Waals surface area contributed by atoms with Gasteiger partial charge >= 0.3 is 5.97 Å². The van der Waals surface area contributed by atoms with Gasteiger partial charge in [0, 0.05) is 25.0 Å². The molecule has 6 nitrogen and oxygen atoms in total. The first-order chi connectivity index (χ1) is 11.1. The van der Waals surface area contributed by atoms with Gasteiger partial charge in [0.05, 0.1) is 16.6 Å². The van der Waals surface area contributed by atoms with E-state index in [9.17, 15) is 9.59 Å². The molecule has 2 aromatic heterocycles.